The van der Waals surface area contributed by atoms with Gasteiger partial charge < -0.3 is 10.4 Å². The minimum atomic E-state index is -0.814. The lowest BCUT2D eigenvalue weighted by molar-refractivity contribution is -0.138. The van der Waals surface area contributed by atoms with Crippen molar-refractivity contribution in [1.82, 2.24) is 0 Å². The van der Waals surface area contributed by atoms with Gasteiger partial charge in [-0.1, -0.05) is 31.5 Å². The molecular formula is C12H14ClNO2. The average molecular weight is 240 g/mol. The first-order chi connectivity index (χ1) is 7.50. The lowest BCUT2D eigenvalue weighted by Crippen LogP contribution is -2.32. The van der Waals surface area contributed by atoms with Crippen LogP contribution in [0.25, 0.3) is 0 Å². The van der Waals surface area contributed by atoms with Crippen LogP contribution in [0.3, 0.4) is 0 Å². The Kier molecular flexibility index (Phi) is 2.80. The fraction of sp³-hybridized carbons (Fsp3) is 0.417. The Morgan fingerprint density at radius 3 is 2.75 bits per heavy atom. The maximum absolute atomic E-state index is 11.2. The molecule has 4 heteroatoms. The Morgan fingerprint density at radius 2 is 2.19 bits per heavy atom. The van der Waals surface area contributed by atoms with Gasteiger partial charge in [-0.05, 0) is 23.6 Å². The van der Waals surface area contributed by atoms with E-state index in [4.69, 9.17) is 11.6 Å². The smallest absolute Gasteiger partial charge is 0.326 e. The Labute approximate surface area is 99.4 Å². The summed E-state index contributed by atoms with van der Waals surface area (Å²) >= 11 is 5.89. The van der Waals surface area contributed by atoms with Crippen LogP contribution in [0.4, 0.5) is 5.69 Å². The van der Waals surface area contributed by atoms with Gasteiger partial charge in [-0.25, -0.2) is 4.79 Å². The van der Waals surface area contributed by atoms with Crippen molar-refractivity contribution in [2.24, 2.45) is 5.92 Å². The van der Waals surface area contributed by atoms with Crippen LogP contribution < -0.4 is 5.32 Å². The number of nitrogens with one attached hydrogen (secondary N) is 1. The standard InChI is InChI=1S/C12H14ClNO2/c1-6(2)10-8-4-3-7(13)5-9(8)14-11(10)12(15)16/h3-6,10-11,14H,1-2H3,(H,15,16). The van der Waals surface area contributed by atoms with E-state index in [-0.39, 0.29) is 11.8 Å². The molecule has 0 aromatic heterocycles. The normalized spacial score (nSPS) is 23.0. The van der Waals surface area contributed by atoms with Crippen LogP contribution in [0.2, 0.25) is 5.02 Å². The molecule has 3 nitrogen and oxygen atoms in total. The summed E-state index contributed by atoms with van der Waals surface area (Å²) in [5.41, 5.74) is 1.89. The Hall–Kier alpha value is -1.22. The molecule has 2 N–H and O–H groups in total. The van der Waals surface area contributed by atoms with E-state index in [1.54, 1.807) is 6.07 Å². The molecule has 2 rings (SSSR count). The van der Waals surface area contributed by atoms with Crippen LogP contribution in [-0.4, -0.2) is 17.1 Å². The predicted molar refractivity (Wildman–Crippen MR) is 64.1 cm³/mol. The molecule has 0 aliphatic carbocycles. The molecule has 0 fully saturated rings. The predicted octanol–water partition coefficient (Wildman–Crippen LogP) is 2.96. The number of benzene rings is 1. The second-order valence-electron chi connectivity index (χ2n) is 4.46. The summed E-state index contributed by atoms with van der Waals surface area (Å²) in [6, 6.07) is 4.96. The topological polar surface area (TPSA) is 49.3 Å². The fourth-order valence-electron chi connectivity index (χ4n) is 2.34. The zero-order chi connectivity index (χ0) is 11.9. The zero-order valence-corrected chi connectivity index (χ0v) is 9.95. The van der Waals surface area contributed by atoms with E-state index < -0.39 is 12.0 Å². The average Bonchev–Trinajstić information content (AvgIpc) is 2.55. The van der Waals surface area contributed by atoms with Gasteiger partial charge >= 0.3 is 5.97 Å². The second kappa shape index (κ2) is 3.98. The molecule has 1 aliphatic rings. The van der Waals surface area contributed by atoms with Crippen LogP contribution in [0, 0.1) is 5.92 Å². The molecule has 1 aromatic carbocycles. The quantitative estimate of drug-likeness (QED) is 0.834. The van der Waals surface area contributed by atoms with E-state index in [2.05, 4.69) is 5.32 Å². The molecule has 16 heavy (non-hydrogen) atoms. The van der Waals surface area contributed by atoms with Crippen molar-refractivity contribution in [3.63, 3.8) is 0 Å². The van der Waals surface area contributed by atoms with Crippen molar-refractivity contribution in [2.75, 3.05) is 5.32 Å². The van der Waals surface area contributed by atoms with Crippen molar-refractivity contribution in [3.8, 4) is 0 Å². The maximum Gasteiger partial charge on any atom is 0.326 e. The lowest BCUT2D eigenvalue weighted by atomic mass is 9.85. The molecule has 0 bridgehead atoms. The van der Waals surface area contributed by atoms with Crippen LogP contribution in [-0.2, 0) is 4.79 Å². The van der Waals surface area contributed by atoms with Crippen molar-refractivity contribution in [1.29, 1.82) is 0 Å². The molecular weight excluding hydrogens is 226 g/mol. The van der Waals surface area contributed by atoms with Crippen molar-refractivity contribution in [3.05, 3.63) is 28.8 Å². The zero-order valence-electron chi connectivity index (χ0n) is 9.20. The highest BCUT2D eigenvalue weighted by molar-refractivity contribution is 6.30. The number of aliphatic carboxylic acids is 1. The molecule has 2 atom stereocenters. The largest absolute Gasteiger partial charge is 0.480 e. The minimum absolute atomic E-state index is 0.00441. The Balaban J connectivity index is 2.45. The number of carboxylic acids is 1. The summed E-state index contributed by atoms with van der Waals surface area (Å²) in [5.74, 6) is -0.535. The Bertz CT molecular complexity index is 431. The van der Waals surface area contributed by atoms with Gasteiger partial charge in [0.05, 0.1) is 0 Å². The molecule has 86 valence electrons. The van der Waals surface area contributed by atoms with Crippen molar-refractivity contribution >= 4 is 23.3 Å². The molecule has 0 saturated carbocycles. The van der Waals surface area contributed by atoms with E-state index in [9.17, 15) is 9.90 Å². The summed E-state index contributed by atoms with van der Waals surface area (Å²) in [6.07, 6.45) is 0. The van der Waals surface area contributed by atoms with E-state index in [0.717, 1.165) is 11.3 Å². The molecule has 1 aromatic rings. The molecule has 1 heterocycles. The highest BCUT2D eigenvalue weighted by Crippen LogP contribution is 2.41. The number of carbonyl (C=O) groups is 1. The molecule has 0 radical (unpaired) electrons. The monoisotopic (exact) mass is 239 g/mol. The molecule has 2 unspecified atom stereocenters. The maximum atomic E-state index is 11.2. The number of carboxylic acid groups (broad SMARTS) is 1. The first-order valence-corrected chi connectivity index (χ1v) is 5.67. The third-order valence-corrected chi connectivity index (χ3v) is 3.26. The number of rotatable bonds is 2. The number of halogens is 1. The SMILES string of the molecule is CC(C)C1c2ccc(Cl)cc2NC1C(=O)O. The van der Waals surface area contributed by atoms with Gasteiger partial charge in [0.2, 0.25) is 0 Å². The summed E-state index contributed by atoms with van der Waals surface area (Å²) in [6.45, 7) is 4.07. The van der Waals surface area contributed by atoms with E-state index >= 15 is 0 Å². The lowest BCUT2D eigenvalue weighted by Gasteiger charge is -2.20. The van der Waals surface area contributed by atoms with Crippen LogP contribution in [0.15, 0.2) is 18.2 Å². The van der Waals surface area contributed by atoms with E-state index in [1.165, 1.54) is 0 Å². The summed E-state index contributed by atoms with van der Waals surface area (Å²) in [5, 5.41) is 12.8. The van der Waals surface area contributed by atoms with E-state index in [0.29, 0.717) is 5.02 Å². The van der Waals surface area contributed by atoms with Crippen molar-refractivity contribution in [2.45, 2.75) is 25.8 Å². The third kappa shape index (κ3) is 1.76. The third-order valence-electron chi connectivity index (χ3n) is 3.03. The second-order valence-corrected chi connectivity index (χ2v) is 4.90. The molecule has 1 aliphatic heterocycles. The first kappa shape index (κ1) is 11.3. The summed E-state index contributed by atoms with van der Waals surface area (Å²) < 4.78 is 0. The van der Waals surface area contributed by atoms with Gasteiger partial charge in [0.25, 0.3) is 0 Å². The van der Waals surface area contributed by atoms with Crippen molar-refractivity contribution < 1.29 is 9.90 Å². The molecule has 0 saturated heterocycles. The highest BCUT2D eigenvalue weighted by Gasteiger charge is 2.38. The minimum Gasteiger partial charge on any atom is -0.480 e. The van der Waals surface area contributed by atoms with Gasteiger partial charge in [-0.3, -0.25) is 0 Å². The van der Waals surface area contributed by atoms with Gasteiger partial charge in [0, 0.05) is 16.6 Å². The van der Waals surface area contributed by atoms with Gasteiger partial charge in [-0.2, -0.15) is 0 Å². The molecule has 0 spiro atoms. The number of hydrogen-bond donors (Lipinski definition) is 2. The Morgan fingerprint density at radius 1 is 1.50 bits per heavy atom. The van der Waals surface area contributed by atoms with Gasteiger partial charge in [0.15, 0.2) is 0 Å². The fourth-order valence-corrected chi connectivity index (χ4v) is 2.51. The number of fused-ring (bicyclic) bond motifs is 1. The van der Waals surface area contributed by atoms with Gasteiger partial charge in [0.1, 0.15) is 6.04 Å². The van der Waals surface area contributed by atoms with Crippen LogP contribution >= 0.6 is 11.6 Å². The number of anilines is 1. The van der Waals surface area contributed by atoms with E-state index in [1.807, 2.05) is 26.0 Å². The summed E-state index contributed by atoms with van der Waals surface area (Å²) in [4.78, 5) is 11.2. The first-order valence-electron chi connectivity index (χ1n) is 5.29. The van der Waals surface area contributed by atoms with Crippen LogP contribution in [0.5, 0.6) is 0 Å². The highest BCUT2D eigenvalue weighted by atomic mass is 35.5. The summed E-state index contributed by atoms with van der Waals surface area (Å²) in [7, 11) is 0. The van der Waals surface area contributed by atoms with Gasteiger partial charge in [-0.15, -0.1) is 0 Å². The van der Waals surface area contributed by atoms with Crippen LogP contribution in [0.1, 0.15) is 25.3 Å². The number of hydrogen-bond acceptors (Lipinski definition) is 2. The molecule has 0 amide bonds.